The predicted octanol–water partition coefficient (Wildman–Crippen LogP) is 1.03. The van der Waals surface area contributed by atoms with Crippen LogP contribution in [0.5, 0.6) is 0 Å². The van der Waals surface area contributed by atoms with Crippen LogP contribution in [-0.4, -0.2) is 29.9 Å². The summed E-state index contributed by atoms with van der Waals surface area (Å²) in [5.74, 6) is 1.15. The van der Waals surface area contributed by atoms with Gasteiger partial charge in [-0.05, 0) is 29.3 Å². The van der Waals surface area contributed by atoms with Crippen LogP contribution in [0.25, 0.3) is 0 Å². The van der Waals surface area contributed by atoms with Crippen LogP contribution < -0.4 is 5.73 Å². The van der Waals surface area contributed by atoms with Gasteiger partial charge in [0.2, 0.25) is 0 Å². The van der Waals surface area contributed by atoms with E-state index in [1.165, 1.54) is 0 Å². The van der Waals surface area contributed by atoms with Crippen LogP contribution in [0, 0.1) is 6.92 Å². The van der Waals surface area contributed by atoms with Gasteiger partial charge in [-0.1, -0.05) is 0 Å². The van der Waals surface area contributed by atoms with E-state index in [2.05, 4.69) is 25.9 Å². The molecule has 1 unspecified atom stereocenters. The van der Waals surface area contributed by atoms with E-state index in [0.29, 0.717) is 22.5 Å². The third-order valence-corrected chi connectivity index (χ3v) is 5.41. The number of nitrogens with two attached hydrogens (primary N) is 1. The molecule has 5 nitrogen and oxygen atoms in total. The molecule has 1 fully saturated rings. The van der Waals surface area contributed by atoms with E-state index in [9.17, 15) is 8.42 Å². The van der Waals surface area contributed by atoms with Crippen LogP contribution in [0.2, 0.25) is 0 Å². The van der Waals surface area contributed by atoms with Gasteiger partial charge < -0.3 is 5.73 Å². The quantitative estimate of drug-likeness (QED) is 0.837. The highest BCUT2D eigenvalue weighted by molar-refractivity contribution is 9.10. The summed E-state index contributed by atoms with van der Waals surface area (Å²) in [5.41, 5.74) is 6.45. The zero-order valence-electron chi connectivity index (χ0n) is 8.77. The maximum Gasteiger partial charge on any atom is 0.151 e. The molecule has 1 aromatic heterocycles. The maximum absolute atomic E-state index is 11.4. The normalized spacial score (nSPS) is 23.5. The Hall–Kier alpha value is -0.690. The first-order valence-electron chi connectivity index (χ1n) is 4.89. The minimum atomic E-state index is -2.91. The van der Waals surface area contributed by atoms with Crippen molar-refractivity contribution in [2.24, 2.45) is 0 Å². The third-order valence-electron chi connectivity index (χ3n) is 2.66. The lowest BCUT2D eigenvalue weighted by atomic mass is 10.1. The molecule has 0 aromatic carbocycles. The summed E-state index contributed by atoms with van der Waals surface area (Å²) in [6.45, 7) is 1.81. The largest absolute Gasteiger partial charge is 0.383 e. The molecule has 1 atom stereocenters. The standard InChI is InChI=1S/C9H12BrN3O2S/c1-5-7(10)8(11)13-9(12-5)6-2-3-16(14,15)4-6/h6H,2-4H2,1H3,(H2,11,12,13). The molecule has 2 heterocycles. The average Bonchev–Trinajstić information content (AvgIpc) is 2.54. The summed E-state index contributed by atoms with van der Waals surface area (Å²) < 4.78 is 23.4. The molecule has 2 rings (SSSR count). The number of hydrogen-bond acceptors (Lipinski definition) is 5. The second kappa shape index (κ2) is 3.96. The number of anilines is 1. The highest BCUT2D eigenvalue weighted by Crippen LogP contribution is 2.29. The van der Waals surface area contributed by atoms with Gasteiger partial charge in [-0.25, -0.2) is 18.4 Å². The van der Waals surface area contributed by atoms with Gasteiger partial charge in [0.15, 0.2) is 9.84 Å². The second-order valence-corrected chi connectivity index (χ2v) is 6.99. The number of aryl methyl sites for hydroxylation is 1. The van der Waals surface area contributed by atoms with Crippen molar-refractivity contribution in [1.82, 2.24) is 9.97 Å². The molecule has 0 amide bonds. The summed E-state index contributed by atoms with van der Waals surface area (Å²) in [5, 5.41) is 0. The Morgan fingerprint density at radius 2 is 2.12 bits per heavy atom. The van der Waals surface area contributed by atoms with E-state index < -0.39 is 9.84 Å². The highest BCUT2D eigenvalue weighted by atomic mass is 79.9. The number of aromatic nitrogens is 2. The smallest absolute Gasteiger partial charge is 0.151 e. The molecule has 0 saturated carbocycles. The molecular formula is C9H12BrN3O2S. The summed E-state index contributed by atoms with van der Waals surface area (Å²) >= 11 is 3.28. The Morgan fingerprint density at radius 3 is 2.62 bits per heavy atom. The Bertz CT molecular complexity index is 507. The van der Waals surface area contributed by atoms with Crippen molar-refractivity contribution in [3.63, 3.8) is 0 Å². The van der Waals surface area contributed by atoms with Gasteiger partial charge >= 0.3 is 0 Å². The summed E-state index contributed by atoms with van der Waals surface area (Å²) in [6, 6.07) is 0. The lowest BCUT2D eigenvalue weighted by Gasteiger charge is -2.09. The zero-order chi connectivity index (χ0) is 11.9. The molecule has 1 aromatic rings. The predicted molar refractivity (Wildman–Crippen MR) is 64.9 cm³/mol. The van der Waals surface area contributed by atoms with Crippen LogP contribution in [0.4, 0.5) is 5.82 Å². The summed E-state index contributed by atoms with van der Waals surface area (Å²) in [6.07, 6.45) is 0.586. The van der Waals surface area contributed by atoms with Gasteiger partial charge in [-0.15, -0.1) is 0 Å². The lowest BCUT2D eigenvalue weighted by molar-refractivity contribution is 0.601. The number of sulfone groups is 1. The number of nitrogen functional groups attached to an aromatic ring is 1. The van der Waals surface area contributed by atoms with Crippen molar-refractivity contribution in [2.75, 3.05) is 17.2 Å². The van der Waals surface area contributed by atoms with Crippen LogP contribution >= 0.6 is 15.9 Å². The second-order valence-electron chi connectivity index (χ2n) is 3.97. The minimum absolute atomic E-state index is 0.112. The van der Waals surface area contributed by atoms with Crippen molar-refractivity contribution < 1.29 is 8.42 Å². The Morgan fingerprint density at radius 1 is 1.44 bits per heavy atom. The highest BCUT2D eigenvalue weighted by Gasteiger charge is 2.31. The van der Waals surface area contributed by atoms with Crippen molar-refractivity contribution in [3.05, 3.63) is 16.0 Å². The molecule has 2 N–H and O–H groups in total. The monoisotopic (exact) mass is 305 g/mol. The van der Waals surface area contributed by atoms with Gasteiger partial charge in [0.25, 0.3) is 0 Å². The van der Waals surface area contributed by atoms with E-state index in [-0.39, 0.29) is 17.4 Å². The molecule has 1 aliphatic heterocycles. The van der Waals surface area contributed by atoms with Crippen molar-refractivity contribution in [2.45, 2.75) is 19.3 Å². The van der Waals surface area contributed by atoms with Crippen LogP contribution in [-0.2, 0) is 9.84 Å². The number of nitrogens with zero attached hydrogens (tertiary/aromatic N) is 2. The molecule has 1 saturated heterocycles. The molecule has 7 heteroatoms. The minimum Gasteiger partial charge on any atom is -0.383 e. The molecular weight excluding hydrogens is 294 g/mol. The van der Waals surface area contributed by atoms with E-state index in [1.54, 1.807) is 0 Å². The zero-order valence-corrected chi connectivity index (χ0v) is 11.2. The summed E-state index contributed by atoms with van der Waals surface area (Å²) in [7, 11) is -2.91. The third kappa shape index (κ3) is 2.20. The van der Waals surface area contributed by atoms with Gasteiger partial charge in [0.05, 0.1) is 21.7 Å². The molecule has 0 radical (unpaired) electrons. The van der Waals surface area contributed by atoms with E-state index in [1.807, 2.05) is 6.92 Å². The molecule has 16 heavy (non-hydrogen) atoms. The van der Waals surface area contributed by atoms with Gasteiger partial charge in [-0.2, -0.15) is 0 Å². The molecule has 0 aliphatic carbocycles. The number of rotatable bonds is 1. The fourth-order valence-corrected chi connectivity index (χ4v) is 3.70. The first kappa shape index (κ1) is 11.8. The first-order chi connectivity index (χ1) is 7.39. The van der Waals surface area contributed by atoms with Gasteiger partial charge in [-0.3, -0.25) is 0 Å². The molecule has 0 bridgehead atoms. The van der Waals surface area contributed by atoms with Gasteiger partial charge in [0, 0.05) is 5.92 Å². The van der Waals surface area contributed by atoms with E-state index in [0.717, 1.165) is 5.69 Å². The SMILES string of the molecule is Cc1nc(C2CCS(=O)(=O)C2)nc(N)c1Br. The summed E-state index contributed by atoms with van der Waals surface area (Å²) in [4.78, 5) is 8.42. The van der Waals surface area contributed by atoms with Crippen LogP contribution in [0.1, 0.15) is 23.9 Å². The fourth-order valence-electron chi connectivity index (χ4n) is 1.78. The Balaban J connectivity index is 2.36. The Kier molecular flexibility index (Phi) is 2.91. The molecule has 1 aliphatic rings. The number of halogens is 1. The lowest BCUT2D eigenvalue weighted by Crippen LogP contribution is -2.10. The van der Waals surface area contributed by atoms with Gasteiger partial charge in [0.1, 0.15) is 11.6 Å². The maximum atomic E-state index is 11.4. The molecule has 0 spiro atoms. The van der Waals surface area contributed by atoms with E-state index >= 15 is 0 Å². The van der Waals surface area contributed by atoms with Crippen molar-refractivity contribution in [3.8, 4) is 0 Å². The first-order valence-corrected chi connectivity index (χ1v) is 7.50. The molecule has 88 valence electrons. The fraction of sp³-hybridized carbons (Fsp3) is 0.556. The Labute approximate surface area is 103 Å². The van der Waals surface area contributed by atoms with Crippen molar-refractivity contribution >= 4 is 31.6 Å². The average molecular weight is 306 g/mol. The van der Waals surface area contributed by atoms with Crippen molar-refractivity contribution in [1.29, 1.82) is 0 Å². The topological polar surface area (TPSA) is 85.9 Å². The number of hydrogen-bond donors (Lipinski definition) is 1. The van der Waals surface area contributed by atoms with E-state index in [4.69, 9.17) is 5.73 Å². The van der Waals surface area contributed by atoms with Crippen LogP contribution in [0.15, 0.2) is 4.47 Å². The van der Waals surface area contributed by atoms with Crippen LogP contribution in [0.3, 0.4) is 0 Å².